The number of carbonyl (C=O) groups is 15. The van der Waals surface area contributed by atoms with Crippen molar-refractivity contribution in [3.63, 3.8) is 0 Å². The van der Waals surface area contributed by atoms with E-state index in [9.17, 15) is 81.4 Å². The number of fused-ring (bicyclic) bond motifs is 5. The summed E-state index contributed by atoms with van der Waals surface area (Å²) in [5, 5.41) is 35.1. The van der Waals surface area contributed by atoms with Gasteiger partial charge in [-0.25, -0.2) is 4.39 Å². The van der Waals surface area contributed by atoms with Crippen LogP contribution in [0.4, 0.5) is 4.39 Å². The smallest absolute Gasteiger partial charge is 0.304 e. The molecule has 39 nitrogen and oxygen atoms in total. The molecule has 2 heterocycles. The molecule has 0 saturated carbocycles. The van der Waals surface area contributed by atoms with Gasteiger partial charge in [0.05, 0.1) is 128 Å². The zero-order valence-electron chi connectivity index (χ0n) is 72.1. The molecule has 2 aromatic rings. The van der Waals surface area contributed by atoms with Gasteiger partial charge >= 0.3 is 5.97 Å². The minimum Gasteiger partial charge on any atom is -0.481 e. The first-order valence-corrected chi connectivity index (χ1v) is 45.5. The number of carboxylic acid groups (broad SMARTS) is 1. The lowest BCUT2D eigenvalue weighted by Gasteiger charge is -2.26. The Bertz CT molecular complexity index is 3660. The van der Waals surface area contributed by atoms with Crippen LogP contribution in [-0.2, 0) is 131 Å². The maximum absolute atomic E-state index is 14.8. The van der Waals surface area contributed by atoms with E-state index in [0.717, 1.165) is 39.8 Å². The second-order valence-corrected chi connectivity index (χ2v) is 32.4. The molecule has 0 aromatic heterocycles. The summed E-state index contributed by atoms with van der Waals surface area (Å²) in [4.78, 5) is 208. The number of nitrogens with one attached hydrogen (secondary N) is 8. The minimum atomic E-state index is -1.53. The number of thioether (sulfide) groups is 1. The molecule has 0 spiro atoms. The maximum atomic E-state index is 14.8. The van der Waals surface area contributed by atoms with E-state index in [0.29, 0.717) is 83.4 Å². The van der Waals surface area contributed by atoms with Crippen LogP contribution in [0.5, 0.6) is 0 Å². The Morgan fingerprint density at radius 3 is 1.68 bits per heavy atom. The number of aliphatic imine (C=N–C) groups is 1. The van der Waals surface area contributed by atoms with Gasteiger partial charge in [0.1, 0.15) is 38.3 Å². The fourth-order valence-electron chi connectivity index (χ4n) is 11.6. The number of oxime groups is 1. The lowest BCUT2D eigenvalue weighted by atomic mass is 9.90. The summed E-state index contributed by atoms with van der Waals surface area (Å²) >= 11 is 0.978. The van der Waals surface area contributed by atoms with Crippen molar-refractivity contribution in [2.24, 2.45) is 39.4 Å². The lowest BCUT2D eigenvalue weighted by molar-refractivity contribution is -0.142. The summed E-state index contributed by atoms with van der Waals surface area (Å²) in [7, 11) is 3.60. The van der Waals surface area contributed by atoms with Crippen LogP contribution in [0.3, 0.4) is 0 Å². The second-order valence-electron chi connectivity index (χ2n) is 28.8. The number of carboxylic acids is 1. The topological polar surface area (TPSA) is 551 Å². The molecule has 2 fully saturated rings. The highest BCUT2D eigenvalue weighted by Crippen LogP contribution is 2.28. The van der Waals surface area contributed by atoms with E-state index in [4.69, 9.17) is 63.7 Å². The summed E-state index contributed by atoms with van der Waals surface area (Å²) in [5.41, 5.74) is 12.4. The first-order valence-electron chi connectivity index (χ1n) is 41.9. The zero-order valence-corrected chi connectivity index (χ0v) is 74.6. The predicted molar refractivity (Wildman–Crippen MR) is 466 cm³/mol. The third-order valence-electron chi connectivity index (χ3n) is 18.0. The number of nitrogens with zero attached hydrogens (tertiary/aromatic N) is 2. The molecule has 0 unspecified atom stereocenters. The Labute approximate surface area is 746 Å². The minimum absolute atomic E-state index is 0.00949. The largest absolute Gasteiger partial charge is 0.481 e. The van der Waals surface area contributed by atoms with Crippen molar-refractivity contribution >= 4 is 133 Å². The Morgan fingerprint density at radius 2 is 1.10 bits per heavy atom. The molecule has 2 aliphatic rings. The van der Waals surface area contributed by atoms with Crippen LogP contribution in [0, 0.1) is 23.6 Å². The van der Waals surface area contributed by atoms with Gasteiger partial charge in [0.2, 0.25) is 41.4 Å². The van der Waals surface area contributed by atoms with E-state index < -0.39 is 158 Å². The number of hydrogen-bond acceptors (Lipinski definition) is 31. The fraction of sp³-hybridized carbons (Fsp3) is 0.651. The van der Waals surface area contributed by atoms with Gasteiger partial charge in [0.25, 0.3) is 5.91 Å². The van der Waals surface area contributed by atoms with Crippen molar-refractivity contribution < 1.29 is 134 Å². The third-order valence-corrected chi connectivity index (χ3v) is 21.5. The van der Waals surface area contributed by atoms with Crippen LogP contribution in [0.25, 0.3) is 0 Å². The number of Topliss-reactive ketones (excluding diaryl/α,β-unsaturated/α-hetero) is 6. The quantitative estimate of drug-likeness (QED) is 0.0144. The molecule has 0 radical (unpaired) electrons. The van der Waals surface area contributed by atoms with Crippen LogP contribution in [0.1, 0.15) is 115 Å². The number of ketones is 6. The summed E-state index contributed by atoms with van der Waals surface area (Å²) in [5.74, 6) is -14.6. The fourth-order valence-corrected chi connectivity index (χ4v) is 14.9. The van der Waals surface area contributed by atoms with Gasteiger partial charge in [0, 0.05) is 114 Å². The highest BCUT2D eigenvalue weighted by atomic mass is 33.1. The van der Waals surface area contributed by atoms with Crippen LogP contribution >= 0.6 is 33.3 Å². The van der Waals surface area contributed by atoms with Crippen molar-refractivity contribution in [1.82, 2.24) is 42.5 Å². The summed E-state index contributed by atoms with van der Waals surface area (Å²) in [6, 6.07) is 9.00. The van der Waals surface area contributed by atoms with Crippen LogP contribution in [0.15, 0.2) is 64.7 Å². The molecule has 2 aromatic carbocycles. The molecular formula is C83H127FN12O27S3. The van der Waals surface area contributed by atoms with Gasteiger partial charge in [-0.15, -0.1) is 11.8 Å². The summed E-state index contributed by atoms with van der Waals surface area (Å²) in [6.07, 6.45) is 1.64. The number of guanidine groups is 1. The van der Waals surface area contributed by atoms with Crippen molar-refractivity contribution in [3.05, 3.63) is 71.5 Å². The number of amides is 8. The van der Waals surface area contributed by atoms with Crippen LogP contribution in [0.2, 0.25) is 0 Å². The number of benzene rings is 2. The van der Waals surface area contributed by atoms with E-state index in [2.05, 4.69) is 52.7 Å². The Kier molecular flexibility index (Phi) is 62.7. The van der Waals surface area contributed by atoms with Gasteiger partial charge in [-0.1, -0.05) is 76.1 Å². The Hall–Kier alpha value is -8.99. The molecule has 7 atom stereocenters. The maximum Gasteiger partial charge on any atom is 0.304 e. The number of halogens is 1. The number of unbranched alkanes of at least 4 members (excludes halogenated alkanes) is 1. The molecule has 126 heavy (non-hydrogen) atoms. The lowest BCUT2D eigenvalue weighted by Crippen LogP contribution is -2.53. The number of ether oxygens (including phenoxy) is 10. The van der Waals surface area contributed by atoms with E-state index in [1.165, 1.54) is 37.4 Å². The number of nitrogens with two attached hydrogens (primary N) is 2. The van der Waals surface area contributed by atoms with Crippen LogP contribution in [-0.4, -0.2) is 324 Å². The molecule has 2 aliphatic heterocycles. The number of aliphatic carboxylic acids is 1. The van der Waals surface area contributed by atoms with E-state index in [-0.39, 0.29) is 189 Å². The highest BCUT2D eigenvalue weighted by molar-refractivity contribution is 8.76. The van der Waals surface area contributed by atoms with Gasteiger partial charge < -0.3 is 111 Å². The standard InChI is InChI=1S/C74H111FN12O23S3.C9H16O4/c1-2-23-102-27-28-103-24-9-14-62(89)59-47-111-50-68(95)84-58(13-6-7-19-78-65(92)44-109-45-66(93)79-21-25-104-29-31-106-33-35-108-36-34-107-32-30-105-26-22-80-67(94)46-110-83-42-52-15-17-56(75)18-16-52)73(101)87-61-49-113-112-48-60(64(91)40-54(71(99)85-59)37-51-10-4-3-5-11-51)86-72(100)55(41-69(96)97)38-57(88)43-82-70(98)53(39-63(61)90)12-8-20-81-74(76)77;1-8(10)6-13-7-9(11)4-3-5-12-2/h3-5,10-11,15-18,42,53-55,58-61H,2,6-9,12-14,19-41,43-50H2,1H3,(H,78,92)(H,79,93)(H,80,94)(H,82,98)(H,84,95)(H,85,99)(H,86,100)(H,87,101)(H,96,97)(H4,76,77,81);3-7H2,1-2H3/b83-42+;/t53-,54-,55+,58+,59+,60+,61+;/m1./s1. The Balaban J connectivity index is 0.00000289. The molecule has 43 heteroatoms. The van der Waals surface area contributed by atoms with Gasteiger partial charge in [-0.2, -0.15) is 0 Å². The van der Waals surface area contributed by atoms with Gasteiger partial charge in [-0.05, 0) is 88.0 Å². The average Bonchev–Trinajstić information content (AvgIpc) is 1.14. The van der Waals surface area contributed by atoms with Crippen molar-refractivity contribution in [3.8, 4) is 0 Å². The number of carbonyl (C=O) groups excluding carboxylic acids is 14. The normalized spacial score (nSPS) is 18.5. The number of rotatable bonds is 57. The first kappa shape index (κ1) is 111. The first-order chi connectivity index (χ1) is 60.8. The number of hydrogen-bond donors (Lipinski definition) is 11. The molecule has 0 aliphatic carbocycles. The molecule has 2 saturated heterocycles. The van der Waals surface area contributed by atoms with E-state index in [1.807, 2.05) is 6.92 Å². The molecule has 4 rings (SSSR count). The highest BCUT2D eigenvalue weighted by Gasteiger charge is 2.36. The van der Waals surface area contributed by atoms with Crippen molar-refractivity contribution in [2.75, 3.05) is 195 Å². The molecule has 2 bridgehead atoms. The van der Waals surface area contributed by atoms with E-state index >= 15 is 0 Å². The third kappa shape index (κ3) is 57.0. The SMILES string of the molecule is CCCOCCOCCCC(=O)[C@@H]1CSCC(=O)N[C@@H](CCCCNC(=O)COCC(=O)NCCOCCOCCOCCOCCOCCNC(=O)CO/N=C/c2ccc(F)cc2)C(=O)N[C@H]2CSSC[C@H](NC(=O)[C@H](CC(=O)O)CC(=O)CNC(=O)[C@H](CCCN=C(N)N)CC2=O)C(=O)C[C@@H](Cc2ccccc2)C(=O)N1.COCCCC(=O)COCC(C)=O. The summed E-state index contributed by atoms with van der Waals surface area (Å²) in [6.45, 7) is 7.03. The predicted octanol–water partition coefficient (Wildman–Crippen LogP) is 0.869. The molecule has 706 valence electrons. The molecular weight excluding hydrogens is 1710 g/mol. The second kappa shape index (κ2) is 71.0. The van der Waals surface area contributed by atoms with Crippen molar-refractivity contribution in [2.45, 2.75) is 134 Å². The van der Waals surface area contributed by atoms with Crippen LogP contribution < -0.4 is 54.0 Å². The van der Waals surface area contributed by atoms with Gasteiger partial charge in [0.15, 0.2) is 47.3 Å². The Morgan fingerprint density at radius 1 is 0.548 bits per heavy atom. The average molecular weight is 1840 g/mol. The number of methoxy groups -OCH3 is 1. The molecule has 13 N–H and O–H groups in total. The zero-order chi connectivity index (χ0) is 92.2. The van der Waals surface area contributed by atoms with Gasteiger partial charge in [-0.3, -0.25) is 76.9 Å². The monoisotopic (exact) mass is 1840 g/mol. The van der Waals surface area contributed by atoms with E-state index in [1.54, 1.807) is 37.4 Å². The molecule has 8 amide bonds. The van der Waals surface area contributed by atoms with Crippen molar-refractivity contribution in [1.29, 1.82) is 0 Å². The summed E-state index contributed by atoms with van der Waals surface area (Å²) < 4.78 is 66.5.